The average molecular weight is 234 g/mol. The minimum atomic E-state index is -0.0258. The predicted octanol–water partition coefficient (Wildman–Crippen LogP) is 2.78. The first-order valence-electron chi connectivity index (χ1n) is 5.70. The number of benzene rings is 1. The lowest BCUT2D eigenvalue weighted by atomic mass is 10.00. The van der Waals surface area contributed by atoms with Crippen LogP contribution in [0.2, 0.25) is 0 Å². The van der Waals surface area contributed by atoms with Gasteiger partial charge < -0.3 is 0 Å². The minimum absolute atomic E-state index is 0.0258. The van der Waals surface area contributed by atoms with Crippen LogP contribution in [0.5, 0.6) is 0 Å². The van der Waals surface area contributed by atoms with Crippen molar-refractivity contribution in [3.8, 4) is 17.3 Å². The van der Waals surface area contributed by atoms with Gasteiger partial charge in [0.05, 0.1) is 22.5 Å². The Morgan fingerprint density at radius 2 is 1.83 bits per heavy atom. The number of aryl methyl sites for hydroxylation is 1. The van der Waals surface area contributed by atoms with Gasteiger partial charge >= 0.3 is 0 Å². The first-order chi connectivity index (χ1) is 8.65. The first-order valence-corrected chi connectivity index (χ1v) is 5.70. The summed E-state index contributed by atoms with van der Waals surface area (Å²) in [6.45, 7) is 3.62. The summed E-state index contributed by atoms with van der Waals surface area (Å²) in [5.74, 6) is -0.0258. The molecule has 0 radical (unpaired) electrons. The monoisotopic (exact) mass is 234 g/mol. The SMILES string of the molecule is Cc1nc2c(c(C)c1C#N)C(=O)c1ccccc1-2. The van der Waals surface area contributed by atoms with Crippen molar-refractivity contribution < 1.29 is 4.79 Å². The minimum Gasteiger partial charge on any atom is -0.288 e. The van der Waals surface area contributed by atoms with Crippen LogP contribution in [0.15, 0.2) is 24.3 Å². The number of pyridine rings is 1. The Labute approximate surface area is 105 Å². The lowest BCUT2D eigenvalue weighted by Gasteiger charge is -2.07. The number of hydrogen-bond donors (Lipinski definition) is 0. The van der Waals surface area contributed by atoms with Gasteiger partial charge in [-0.1, -0.05) is 24.3 Å². The summed E-state index contributed by atoms with van der Waals surface area (Å²) >= 11 is 0. The molecule has 0 atom stereocenters. The molecule has 1 aliphatic rings. The second-order valence-electron chi connectivity index (χ2n) is 4.41. The van der Waals surface area contributed by atoms with E-state index in [1.165, 1.54) is 0 Å². The van der Waals surface area contributed by atoms with Crippen LogP contribution >= 0.6 is 0 Å². The van der Waals surface area contributed by atoms with Crippen molar-refractivity contribution in [2.75, 3.05) is 0 Å². The normalized spacial score (nSPS) is 11.9. The Morgan fingerprint density at radius 1 is 1.17 bits per heavy atom. The molecule has 0 fully saturated rings. The number of nitriles is 1. The van der Waals surface area contributed by atoms with Crippen LogP contribution in [0.3, 0.4) is 0 Å². The molecule has 3 rings (SSSR count). The smallest absolute Gasteiger partial charge is 0.196 e. The summed E-state index contributed by atoms with van der Waals surface area (Å²) in [5, 5.41) is 9.13. The van der Waals surface area contributed by atoms with E-state index < -0.39 is 0 Å². The van der Waals surface area contributed by atoms with Crippen molar-refractivity contribution in [2.24, 2.45) is 0 Å². The molecule has 0 unspecified atom stereocenters. The van der Waals surface area contributed by atoms with Gasteiger partial charge in [-0.25, -0.2) is 0 Å². The van der Waals surface area contributed by atoms with E-state index in [9.17, 15) is 4.79 Å². The molecule has 18 heavy (non-hydrogen) atoms. The molecule has 0 amide bonds. The van der Waals surface area contributed by atoms with Crippen LogP contribution in [0.4, 0.5) is 0 Å². The summed E-state index contributed by atoms with van der Waals surface area (Å²) in [7, 11) is 0. The highest BCUT2D eigenvalue weighted by Gasteiger charge is 2.31. The maximum absolute atomic E-state index is 12.3. The third-order valence-corrected chi connectivity index (χ3v) is 3.39. The molecule has 1 heterocycles. The molecule has 0 N–H and O–H groups in total. The van der Waals surface area contributed by atoms with Crippen LogP contribution in [0, 0.1) is 25.2 Å². The molecule has 0 saturated carbocycles. The molecule has 3 nitrogen and oxygen atoms in total. The number of carbonyl (C=O) groups excluding carboxylic acids is 1. The summed E-state index contributed by atoms with van der Waals surface area (Å²) in [6.07, 6.45) is 0. The Hall–Kier alpha value is -2.47. The second kappa shape index (κ2) is 3.51. The largest absolute Gasteiger partial charge is 0.288 e. The lowest BCUT2D eigenvalue weighted by molar-refractivity contribution is 0.104. The van der Waals surface area contributed by atoms with Crippen LogP contribution in [-0.4, -0.2) is 10.8 Å². The van der Waals surface area contributed by atoms with E-state index in [0.29, 0.717) is 28.1 Å². The van der Waals surface area contributed by atoms with Gasteiger partial charge in [-0.15, -0.1) is 0 Å². The molecule has 3 heteroatoms. The van der Waals surface area contributed by atoms with E-state index in [4.69, 9.17) is 5.26 Å². The van der Waals surface area contributed by atoms with Gasteiger partial charge in [-0.05, 0) is 19.4 Å². The zero-order valence-corrected chi connectivity index (χ0v) is 10.1. The molecule has 86 valence electrons. The zero-order valence-electron chi connectivity index (χ0n) is 10.1. The topological polar surface area (TPSA) is 53.8 Å². The Balaban J connectivity index is 2.44. The Kier molecular flexibility index (Phi) is 2.08. The molecular formula is C15H10N2O. The van der Waals surface area contributed by atoms with E-state index in [2.05, 4.69) is 11.1 Å². The summed E-state index contributed by atoms with van der Waals surface area (Å²) in [5.41, 5.74) is 4.77. The van der Waals surface area contributed by atoms with E-state index in [1.54, 1.807) is 13.0 Å². The first kappa shape index (κ1) is 10.7. The van der Waals surface area contributed by atoms with Crippen molar-refractivity contribution in [3.05, 3.63) is 52.2 Å². The van der Waals surface area contributed by atoms with E-state index in [1.807, 2.05) is 25.1 Å². The fourth-order valence-electron chi connectivity index (χ4n) is 2.51. The van der Waals surface area contributed by atoms with Crippen molar-refractivity contribution in [1.29, 1.82) is 5.26 Å². The van der Waals surface area contributed by atoms with Crippen LogP contribution in [-0.2, 0) is 0 Å². The molecule has 0 spiro atoms. The molecule has 1 aliphatic carbocycles. The number of ketones is 1. The van der Waals surface area contributed by atoms with Gasteiger partial charge in [0.25, 0.3) is 0 Å². The lowest BCUT2D eigenvalue weighted by Crippen LogP contribution is -2.03. The second-order valence-corrected chi connectivity index (χ2v) is 4.41. The highest BCUT2D eigenvalue weighted by atomic mass is 16.1. The van der Waals surface area contributed by atoms with Crippen molar-refractivity contribution in [3.63, 3.8) is 0 Å². The van der Waals surface area contributed by atoms with Crippen molar-refractivity contribution >= 4 is 5.78 Å². The molecule has 1 aromatic heterocycles. The van der Waals surface area contributed by atoms with Crippen LogP contribution in [0.25, 0.3) is 11.3 Å². The molecular weight excluding hydrogens is 224 g/mol. The van der Waals surface area contributed by atoms with E-state index >= 15 is 0 Å². The Bertz CT molecular complexity index is 739. The van der Waals surface area contributed by atoms with Crippen LogP contribution < -0.4 is 0 Å². The van der Waals surface area contributed by atoms with Gasteiger partial charge in [0, 0.05) is 11.1 Å². The summed E-state index contributed by atoms with van der Waals surface area (Å²) in [6, 6.07) is 9.57. The van der Waals surface area contributed by atoms with Crippen molar-refractivity contribution in [1.82, 2.24) is 4.98 Å². The fraction of sp³-hybridized carbons (Fsp3) is 0.133. The maximum Gasteiger partial charge on any atom is 0.196 e. The van der Waals surface area contributed by atoms with Crippen molar-refractivity contribution in [2.45, 2.75) is 13.8 Å². The Morgan fingerprint density at radius 3 is 2.50 bits per heavy atom. The molecule has 0 saturated heterocycles. The third-order valence-electron chi connectivity index (χ3n) is 3.39. The van der Waals surface area contributed by atoms with Gasteiger partial charge in [0.1, 0.15) is 6.07 Å². The van der Waals surface area contributed by atoms with E-state index in [-0.39, 0.29) is 5.78 Å². The number of carbonyl (C=O) groups is 1. The number of rotatable bonds is 0. The maximum atomic E-state index is 12.3. The summed E-state index contributed by atoms with van der Waals surface area (Å²) < 4.78 is 0. The van der Waals surface area contributed by atoms with Gasteiger partial charge in [0.2, 0.25) is 0 Å². The number of hydrogen-bond acceptors (Lipinski definition) is 3. The van der Waals surface area contributed by atoms with E-state index in [0.717, 1.165) is 11.1 Å². The molecule has 0 bridgehead atoms. The standard InChI is InChI=1S/C15H10N2O/c1-8-12(7-16)9(2)17-14-10-5-3-4-6-11(10)15(18)13(8)14/h3-6H,1-2H3. The fourth-order valence-corrected chi connectivity index (χ4v) is 2.51. The predicted molar refractivity (Wildman–Crippen MR) is 67.3 cm³/mol. The van der Waals surface area contributed by atoms with Crippen LogP contribution in [0.1, 0.15) is 32.7 Å². The third kappa shape index (κ3) is 1.17. The van der Waals surface area contributed by atoms with Gasteiger partial charge in [0.15, 0.2) is 5.78 Å². The quantitative estimate of drug-likeness (QED) is 0.601. The molecule has 2 aromatic rings. The average Bonchev–Trinajstić information content (AvgIpc) is 2.64. The number of nitrogens with zero attached hydrogens (tertiary/aromatic N) is 2. The molecule has 1 aromatic carbocycles. The zero-order chi connectivity index (χ0) is 12.9. The number of aromatic nitrogens is 1. The highest BCUT2D eigenvalue weighted by Crippen LogP contribution is 2.37. The van der Waals surface area contributed by atoms with Gasteiger partial charge in [-0.3, -0.25) is 9.78 Å². The highest BCUT2D eigenvalue weighted by molar-refractivity contribution is 6.21. The number of fused-ring (bicyclic) bond motifs is 3. The van der Waals surface area contributed by atoms with Gasteiger partial charge in [-0.2, -0.15) is 5.26 Å². The summed E-state index contributed by atoms with van der Waals surface area (Å²) in [4.78, 5) is 16.8. The molecule has 0 aliphatic heterocycles.